The molecule has 0 saturated carbocycles. The van der Waals surface area contributed by atoms with Crippen LogP contribution in [0.25, 0.3) is 0 Å². The van der Waals surface area contributed by atoms with Gasteiger partial charge in [-0.05, 0) is 37.0 Å². The van der Waals surface area contributed by atoms with E-state index in [-0.39, 0.29) is 12.0 Å². The van der Waals surface area contributed by atoms with Crippen LogP contribution in [0.5, 0.6) is 0 Å². The molecular weight excluding hydrogens is 336 g/mol. The maximum absolute atomic E-state index is 12.4. The maximum atomic E-state index is 12.4. The predicted octanol–water partition coefficient (Wildman–Crippen LogP) is 3.09. The summed E-state index contributed by atoms with van der Waals surface area (Å²) < 4.78 is 4.92. The van der Waals surface area contributed by atoms with Crippen molar-refractivity contribution in [1.82, 2.24) is 10.2 Å². The van der Waals surface area contributed by atoms with Crippen molar-refractivity contribution in [2.45, 2.75) is 38.6 Å². The van der Waals surface area contributed by atoms with Gasteiger partial charge in [0, 0.05) is 31.8 Å². The molecule has 1 aromatic carbocycles. The van der Waals surface area contributed by atoms with E-state index in [0.29, 0.717) is 19.2 Å². The molecule has 0 spiro atoms. The van der Waals surface area contributed by atoms with Crippen molar-refractivity contribution in [1.29, 1.82) is 0 Å². The highest BCUT2D eigenvalue weighted by atomic mass is 32.2. The Morgan fingerprint density at radius 2 is 2.08 bits per heavy atom. The molecular formula is C19H28N2O3S. The molecule has 1 saturated heterocycles. The highest BCUT2D eigenvalue weighted by Crippen LogP contribution is 2.21. The van der Waals surface area contributed by atoms with Crippen LogP contribution >= 0.6 is 11.8 Å². The molecule has 1 heterocycles. The third kappa shape index (κ3) is 7.38. The van der Waals surface area contributed by atoms with Gasteiger partial charge in [0.15, 0.2) is 0 Å². The van der Waals surface area contributed by atoms with Crippen LogP contribution in [-0.2, 0) is 16.0 Å². The lowest BCUT2D eigenvalue weighted by Crippen LogP contribution is -2.43. The minimum absolute atomic E-state index is 0.0587. The fourth-order valence-electron chi connectivity index (χ4n) is 3.03. The Labute approximate surface area is 154 Å². The molecule has 0 bridgehead atoms. The normalized spacial score (nSPS) is 16.7. The molecule has 1 N–H and O–H groups in total. The number of likely N-dealkylation sites (tertiary alicyclic amines) is 1. The van der Waals surface area contributed by atoms with Crippen molar-refractivity contribution in [3.8, 4) is 0 Å². The fourth-order valence-corrected chi connectivity index (χ4v) is 3.87. The molecule has 1 aromatic rings. The van der Waals surface area contributed by atoms with Crippen LogP contribution in [-0.4, -0.2) is 54.1 Å². The number of thioether (sulfide) groups is 1. The number of amides is 2. The van der Waals surface area contributed by atoms with Crippen molar-refractivity contribution in [3.63, 3.8) is 0 Å². The van der Waals surface area contributed by atoms with Crippen molar-refractivity contribution >= 4 is 23.8 Å². The number of hydrogen-bond acceptors (Lipinski definition) is 4. The second-order valence-corrected chi connectivity index (χ2v) is 7.42. The fraction of sp³-hybridized carbons (Fsp3) is 0.579. The van der Waals surface area contributed by atoms with Crippen molar-refractivity contribution in [2.24, 2.45) is 0 Å². The van der Waals surface area contributed by atoms with Gasteiger partial charge in [-0.1, -0.05) is 30.3 Å². The van der Waals surface area contributed by atoms with Gasteiger partial charge in [-0.3, -0.25) is 4.79 Å². The molecule has 2 rings (SSSR count). The van der Waals surface area contributed by atoms with E-state index >= 15 is 0 Å². The zero-order chi connectivity index (χ0) is 17.9. The Morgan fingerprint density at radius 1 is 1.28 bits per heavy atom. The molecule has 5 nitrogen and oxygen atoms in total. The summed E-state index contributed by atoms with van der Waals surface area (Å²) in [5, 5.41) is 3.05. The first kappa shape index (κ1) is 19.6. The number of hydrogen-bond donors (Lipinski definition) is 1. The van der Waals surface area contributed by atoms with E-state index < -0.39 is 0 Å². The number of carbonyl (C=O) groups is 2. The van der Waals surface area contributed by atoms with E-state index in [4.69, 9.17) is 4.74 Å². The topological polar surface area (TPSA) is 58.6 Å². The Bertz CT molecular complexity index is 539. The Hall–Kier alpha value is -1.69. The Morgan fingerprint density at radius 3 is 2.84 bits per heavy atom. The average Bonchev–Trinajstić information content (AvgIpc) is 3.07. The molecule has 138 valence electrons. The molecule has 25 heavy (non-hydrogen) atoms. The van der Waals surface area contributed by atoms with Gasteiger partial charge in [0.2, 0.25) is 0 Å². The second kappa shape index (κ2) is 11.0. The average molecular weight is 365 g/mol. The number of benzene rings is 1. The van der Waals surface area contributed by atoms with E-state index in [1.165, 1.54) is 12.5 Å². The lowest BCUT2D eigenvalue weighted by molar-refractivity contribution is -0.140. The lowest BCUT2D eigenvalue weighted by Gasteiger charge is -2.25. The lowest BCUT2D eigenvalue weighted by atomic mass is 10.1. The number of nitrogens with one attached hydrogen (secondary N) is 1. The van der Waals surface area contributed by atoms with Gasteiger partial charge >= 0.3 is 12.0 Å². The number of rotatable bonds is 9. The summed E-state index contributed by atoms with van der Waals surface area (Å²) in [4.78, 5) is 25.1. The summed E-state index contributed by atoms with van der Waals surface area (Å²) in [5.74, 6) is 1.57. The van der Waals surface area contributed by atoms with Crippen molar-refractivity contribution in [3.05, 3.63) is 35.9 Å². The number of ether oxygens (including phenoxy) is 1. The second-order valence-electron chi connectivity index (χ2n) is 6.20. The van der Waals surface area contributed by atoms with E-state index in [1.807, 2.05) is 23.1 Å². The highest BCUT2D eigenvalue weighted by Gasteiger charge is 2.27. The first-order valence-corrected chi connectivity index (χ1v) is 10.1. The van der Waals surface area contributed by atoms with Crippen molar-refractivity contribution < 1.29 is 14.3 Å². The van der Waals surface area contributed by atoms with Gasteiger partial charge < -0.3 is 15.0 Å². The first-order chi connectivity index (χ1) is 12.2. The predicted molar refractivity (Wildman–Crippen MR) is 102 cm³/mol. The van der Waals surface area contributed by atoms with Crippen LogP contribution in [0.4, 0.5) is 4.79 Å². The van der Waals surface area contributed by atoms with Crippen LogP contribution in [0.15, 0.2) is 30.3 Å². The van der Waals surface area contributed by atoms with E-state index in [1.54, 1.807) is 11.8 Å². The Balaban J connectivity index is 1.62. The number of carbonyl (C=O) groups excluding carboxylic acids is 2. The van der Waals surface area contributed by atoms with Gasteiger partial charge in [-0.25, -0.2) is 4.79 Å². The minimum atomic E-state index is -0.227. The molecule has 1 fully saturated rings. The SMILES string of the molecule is CC(=O)OCCSCCC1CCCN1C(=O)NCCc1ccccc1. The third-order valence-corrected chi connectivity index (χ3v) is 5.28. The molecule has 0 aliphatic carbocycles. The highest BCUT2D eigenvalue weighted by molar-refractivity contribution is 7.99. The van der Waals surface area contributed by atoms with Crippen molar-refractivity contribution in [2.75, 3.05) is 31.2 Å². The molecule has 1 atom stereocenters. The van der Waals surface area contributed by atoms with Crippen LogP contribution < -0.4 is 5.32 Å². The molecule has 1 aliphatic heterocycles. The summed E-state index contributed by atoms with van der Waals surface area (Å²) in [6.45, 7) is 3.41. The summed E-state index contributed by atoms with van der Waals surface area (Å²) in [7, 11) is 0. The smallest absolute Gasteiger partial charge is 0.317 e. The number of esters is 1. The molecule has 0 aromatic heterocycles. The van der Waals surface area contributed by atoms with Gasteiger partial charge in [-0.2, -0.15) is 11.8 Å². The van der Waals surface area contributed by atoms with Gasteiger partial charge in [0.1, 0.15) is 6.61 Å². The summed E-state index contributed by atoms with van der Waals surface area (Å²) >= 11 is 1.78. The zero-order valence-corrected chi connectivity index (χ0v) is 15.7. The zero-order valence-electron chi connectivity index (χ0n) is 14.9. The van der Waals surface area contributed by atoms with Crippen LogP contribution in [0, 0.1) is 0 Å². The monoisotopic (exact) mass is 364 g/mol. The third-order valence-electron chi connectivity index (χ3n) is 4.30. The molecule has 0 radical (unpaired) electrons. The summed E-state index contributed by atoms with van der Waals surface area (Å²) in [6, 6.07) is 10.6. The van der Waals surface area contributed by atoms with Crippen LogP contribution in [0.2, 0.25) is 0 Å². The largest absolute Gasteiger partial charge is 0.465 e. The van der Waals surface area contributed by atoms with Gasteiger partial charge in [0.05, 0.1) is 0 Å². The molecule has 1 unspecified atom stereocenters. The van der Waals surface area contributed by atoms with Crippen LogP contribution in [0.3, 0.4) is 0 Å². The maximum Gasteiger partial charge on any atom is 0.317 e. The van der Waals surface area contributed by atoms with E-state index in [0.717, 1.165) is 43.7 Å². The Kier molecular flexibility index (Phi) is 8.66. The summed E-state index contributed by atoms with van der Waals surface area (Å²) in [6.07, 6.45) is 4.01. The first-order valence-electron chi connectivity index (χ1n) is 8.96. The summed E-state index contributed by atoms with van der Waals surface area (Å²) in [5.41, 5.74) is 1.24. The number of urea groups is 1. The molecule has 6 heteroatoms. The van der Waals surface area contributed by atoms with E-state index in [9.17, 15) is 9.59 Å². The molecule has 1 aliphatic rings. The van der Waals surface area contributed by atoms with Gasteiger partial charge in [0.25, 0.3) is 0 Å². The number of nitrogens with zero attached hydrogens (tertiary/aromatic N) is 1. The molecule has 2 amide bonds. The van der Waals surface area contributed by atoms with Crippen LogP contribution in [0.1, 0.15) is 31.7 Å². The quantitative estimate of drug-likeness (QED) is 0.540. The van der Waals surface area contributed by atoms with E-state index in [2.05, 4.69) is 17.4 Å². The minimum Gasteiger partial charge on any atom is -0.465 e. The van der Waals surface area contributed by atoms with Gasteiger partial charge in [-0.15, -0.1) is 0 Å². The standard InChI is InChI=1S/C19H28N2O3S/c1-16(22)24-13-15-25-14-10-18-8-5-12-21(18)19(23)20-11-9-17-6-3-2-4-7-17/h2-4,6-7,18H,5,8-15H2,1H3,(H,20,23).